The fraction of sp³-hybridized carbons (Fsp3) is 0.240. The van der Waals surface area contributed by atoms with Gasteiger partial charge in [-0.15, -0.1) is 23.1 Å². The van der Waals surface area contributed by atoms with E-state index in [1.165, 1.54) is 11.8 Å². The molecule has 0 aliphatic heterocycles. The van der Waals surface area contributed by atoms with E-state index in [1.807, 2.05) is 60.7 Å². The highest BCUT2D eigenvalue weighted by atomic mass is 32.2. The Morgan fingerprint density at radius 3 is 2.09 bits per heavy atom. The van der Waals surface area contributed by atoms with Crippen molar-refractivity contribution in [3.63, 3.8) is 0 Å². The maximum Gasteiger partial charge on any atom is 0.348 e. The normalized spacial score (nSPS) is 11.5. The first-order valence-corrected chi connectivity index (χ1v) is 12.2. The van der Waals surface area contributed by atoms with Gasteiger partial charge in [-0.3, -0.25) is 4.79 Å². The van der Waals surface area contributed by atoms with Gasteiger partial charge in [0.1, 0.15) is 15.1 Å². The summed E-state index contributed by atoms with van der Waals surface area (Å²) in [5.41, 5.74) is 1.43. The van der Waals surface area contributed by atoms with Gasteiger partial charge in [-0.25, -0.2) is 9.59 Å². The number of anilines is 1. The Bertz CT molecular complexity index is 1110. The van der Waals surface area contributed by atoms with Crippen molar-refractivity contribution in [3.05, 3.63) is 82.2 Å². The third kappa shape index (κ3) is 6.03. The summed E-state index contributed by atoms with van der Waals surface area (Å²) >= 11 is 2.42. The molecule has 0 radical (unpaired) electrons. The minimum Gasteiger partial charge on any atom is -0.462 e. The number of benzene rings is 2. The van der Waals surface area contributed by atoms with Crippen LogP contribution in [0.25, 0.3) is 0 Å². The van der Waals surface area contributed by atoms with Gasteiger partial charge in [0.15, 0.2) is 0 Å². The predicted molar refractivity (Wildman–Crippen MR) is 131 cm³/mol. The smallest absolute Gasteiger partial charge is 0.348 e. The Hall–Kier alpha value is -3.10. The molecule has 0 fully saturated rings. The molecule has 0 bridgehead atoms. The first-order valence-electron chi connectivity index (χ1n) is 10.5. The van der Waals surface area contributed by atoms with Crippen LogP contribution in [0, 0.1) is 6.92 Å². The number of carbonyl (C=O) groups excluding carboxylic acids is 3. The summed E-state index contributed by atoms with van der Waals surface area (Å²) in [6.07, 6.45) is 0. The van der Waals surface area contributed by atoms with Gasteiger partial charge < -0.3 is 14.8 Å². The van der Waals surface area contributed by atoms with Gasteiger partial charge >= 0.3 is 11.9 Å². The van der Waals surface area contributed by atoms with Crippen molar-refractivity contribution in [3.8, 4) is 0 Å². The van der Waals surface area contributed by atoms with Gasteiger partial charge in [-0.05, 0) is 44.0 Å². The van der Waals surface area contributed by atoms with Crippen molar-refractivity contribution in [2.75, 3.05) is 18.5 Å². The Kier molecular flexibility index (Phi) is 8.68. The summed E-state index contributed by atoms with van der Waals surface area (Å²) in [6.45, 7) is 5.44. The summed E-state index contributed by atoms with van der Waals surface area (Å²) in [6, 6.07) is 19.0. The van der Waals surface area contributed by atoms with Gasteiger partial charge in [0.2, 0.25) is 5.91 Å². The molecule has 0 saturated carbocycles. The highest BCUT2D eigenvalue weighted by Crippen LogP contribution is 2.39. The molecule has 8 heteroatoms. The molecule has 0 saturated heterocycles. The molecular formula is C25H25NO5S2. The lowest BCUT2D eigenvalue weighted by molar-refractivity contribution is -0.115. The second kappa shape index (κ2) is 11.7. The number of thioether (sulfide) groups is 1. The number of ether oxygens (including phenoxy) is 2. The van der Waals surface area contributed by atoms with Gasteiger partial charge in [-0.2, -0.15) is 0 Å². The average molecular weight is 484 g/mol. The lowest BCUT2D eigenvalue weighted by Gasteiger charge is -2.17. The molecule has 1 N–H and O–H groups in total. The van der Waals surface area contributed by atoms with Crippen LogP contribution < -0.4 is 5.32 Å². The lowest BCUT2D eigenvalue weighted by atomic mass is 10.1. The van der Waals surface area contributed by atoms with E-state index in [4.69, 9.17) is 9.47 Å². The van der Waals surface area contributed by atoms with Crippen molar-refractivity contribution in [2.45, 2.75) is 30.9 Å². The van der Waals surface area contributed by atoms with Gasteiger partial charge in [-0.1, -0.05) is 48.5 Å². The average Bonchev–Trinajstić information content (AvgIpc) is 3.14. The molecule has 1 aromatic heterocycles. The topological polar surface area (TPSA) is 81.7 Å². The van der Waals surface area contributed by atoms with Crippen LogP contribution in [0.3, 0.4) is 0 Å². The lowest BCUT2D eigenvalue weighted by Crippen LogP contribution is -2.20. The quantitative estimate of drug-likeness (QED) is 0.302. The van der Waals surface area contributed by atoms with E-state index in [9.17, 15) is 14.4 Å². The molecule has 6 nitrogen and oxygen atoms in total. The van der Waals surface area contributed by atoms with Crippen molar-refractivity contribution < 1.29 is 23.9 Å². The van der Waals surface area contributed by atoms with E-state index in [0.717, 1.165) is 21.8 Å². The maximum atomic E-state index is 13.5. The summed E-state index contributed by atoms with van der Waals surface area (Å²) in [7, 11) is 0. The number of esters is 2. The highest BCUT2D eigenvalue weighted by molar-refractivity contribution is 8.00. The zero-order valence-corrected chi connectivity index (χ0v) is 20.3. The summed E-state index contributed by atoms with van der Waals surface area (Å²) in [5.74, 6) is -1.44. The number of amides is 1. The van der Waals surface area contributed by atoms with Gasteiger partial charge in [0, 0.05) is 4.90 Å². The second-order valence-corrected chi connectivity index (χ2v) is 9.11. The minimum absolute atomic E-state index is 0.173. The third-order valence-electron chi connectivity index (χ3n) is 4.66. The van der Waals surface area contributed by atoms with Crippen molar-refractivity contribution in [1.29, 1.82) is 0 Å². The molecule has 172 valence electrons. The first kappa shape index (κ1) is 24.5. The molecule has 1 amide bonds. The van der Waals surface area contributed by atoms with Crippen LogP contribution in [0.5, 0.6) is 0 Å². The van der Waals surface area contributed by atoms with E-state index >= 15 is 0 Å². The van der Waals surface area contributed by atoms with Crippen LogP contribution in [0.1, 0.15) is 50.3 Å². The van der Waals surface area contributed by atoms with Crippen molar-refractivity contribution in [2.24, 2.45) is 0 Å². The molecule has 33 heavy (non-hydrogen) atoms. The van der Waals surface area contributed by atoms with Gasteiger partial charge in [0.05, 0.1) is 18.8 Å². The fourth-order valence-corrected chi connectivity index (χ4v) is 5.29. The zero-order valence-electron chi connectivity index (χ0n) is 18.6. The standard InChI is InChI=1S/C25H25NO5S2/c1-4-30-24(28)19-16(3)20(25(29)31-5-2)33-23(19)26-22(27)21(17-12-8-6-9-13-17)32-18-14-10-7-11-15-18/h6-15,21H,4-5H2,1-3H3,(H,26,27)/t21-/m0/s1. The maximum absolute atomic E-state index is 13.5. The molecule has 1 atom stereocenters. The second-order valence-electron chi connectivity index (χ2n) is 6.91. The number of hydrogen-bond acceptors (Lipinski definition) is 7. The SMILES string of the molecule is CCOC(=O)c1sc(NC(=O)[C@@H](Sc2ccccc2)c2ccccc2)c(C(=O)OCC)c1C. The van der Waals surface area contributed by atoms with E-state index in [1.54, 1.807) is 20.8 Å². The largest absolute Gasteiger partial charge is 0.462 e. The van der Waals surface area contributed by atoms with Crippen LogP contribution in [-0.4, -0.2) is 31.1 Å². The monoisotopic (exact) mass is 483 g/mol. The molecular weight excluding hydrogens is 458 g/mol. The van der Waals surface area contributed by atoms with Crippen LogP contribution in [0.2, 0.25) is 0 Å². The fourth-order valence-electron chi connectivity index (χ4n) is 3.16. The van der Waals surface area contributed by atoms with Crippen LogP contribution in [0.4, 0.5) is 5.00 Å². The molecule has 0 aliphatic carbocycles. The number of thiophene rings is 1. The van der Waals surface area contributed by atoms with Gasteiger partial charge in [0.25, 0.3) is 0 Å². The number of carbonyl (C=O) groups is 3. The molecule has 3 aromatic rings. The van der Waals surface area contributed by atoms with E-state index in [-0.39, 0.29) is 34.6 Å². The Balaban J connectivity index is 1.97. The van der Waals surface area contributed by atoms with Crippen molar-refractivity contribution in [1.82, 2.24) is 0 Å². The summed E-state index contributed by atoms with van der Waals surface area (Å²) < 4.78 is 10.3. The van der Waals surface area contributed by atoms with E-state index < -0.39 is 17.2 Å². The summed E-state index contributed by atoms with van der Waals surface area (Å²) in [4.78, 5) is 39.8. The zero-order chi connectivity index (χ0) is 23.8. The Morgan fingerprint density at radius 1 is 0.909 bits per heavy atom. The first-order chi connectivity index (χ1) is 16.0. The third-order valence-corrected chi connectivity index (χ3v) is 7.12. The van der Waals surface area contributed by atoms with E-state index in [0.29, 0.717) is 5.56 Å². The van der Waals surface area contributed by atoms with E-state index in [2.05, 4.69) is 5.32 Å². The Morgan fingerprint density at radius 2 is 1.48 bits per heavy atom. The van der Waals surface area contributed by atoms with Crippen LogP contribution >= 0.6 is 23.1 Å². The van der Waals surface area contributed by atoms with Crippen LogP contribution in [0.15, 0.2) is 65.6 Å². The molecule has 0 unspecified atom stereocenters. The number of rotatable bonds is 9. The number of hydrogen-bond donors (Lipinski definition) is 1. The Labute approximate surface area is 201 Å². The molecule has 0 spiro atoms. The molecule has 2 aromatic carbocycles. The van der Waals surface area contributed by atoms with Crippen LogP contribution in [-0.2, 0) is 14.3 Å². The molecule has 0 aliphatic rings. The molecule has 3 rings (SSSR count). The minimum atomic E-state index is -0.593. The molecule has 1 heterocycles. The number of nitrogens with one attached hydrogen (secondary N) is 1. The predicted octanol–water partition coefficient (Wildman–Crippen LogP) is 5.88. The van der Waals surface area contributed by atoms with Crippen molar-refractivity contribution >= 4 is 45.9 Å². The highest BCUT2D eigenvalue weighted by Gasteiger charge is 2.30. The summed E-state index contributed by atoms with van der Waals surface area (Å²) in [5, 5.41) is 2.58.